The highest BCUT2D eigenvalue weighted by molar-refractivity contribution is 6.32. The molecule has 3 nitrogen and oxygen atoms in total. The zero-order chi connectivity index (χ0) is 12.0. The number of aryl methyl sites for hydroxylation is 1. The van der Waals surface area contributed by atoms with Gasteiger partial charge in [0.25, 0.3) is 0 Å². The average Bonchev–Trinajstić information content (AvgIpc) is 3.08. The van der Waals surface area contributed by atoms with Crippen LogP contribution in [0.15, 0.2) is 12.1 Å². The minimum absolute atomic E-state index is 0.256. The van der Waals surface area contributed by atoms with Gasteiger partial charge in [0.1, 0.15) is 5.82 Å². The molecule has 0 saturated heterocycles. The van der Waals surface area contributed by atoms with Gasteiger partial charge in [-0.05, 0) is 49.1 Å². The first-order valence-electron chi connectivity index (χ1n) is 5.54. The van der Waals surface area contributed by atoms with Crippen LogP contribution in [-0.4, -0.2) is 16.0 Å². The molecule has 5 heteroatoms. The molecule has 0 spiro atoms. The van der Waals surface area contributed by atoms with Gasteiger partial charge in [-0.15, -0.1) is 0 Å². The Labute approximate surface area is 109 Å². The quantitative estimate of drug-likeness (QED) is 0.841. The third kappa shape index (κ3) is 2.05. The van der Waals surface area contributed by atoms with Crippen molar-refractivity contribution in [3.8, 4) is 0 Å². The molecule has 1 aromatic carbocycles. The lowest BCUT2D eigenvalue weighted by atomic mass is 10.1. The molecule has 17 heavy (non-hydrogen) atoms. The van der Waals surface area contributed by atoms with E-state index in [0.717, 1.165) is 22.3 Å². The molecule has 0 radical (unpaired) electrons. The van der Waals surface area contributed by atoms with Gasteiger partial charge < -0.3 is 5.32 Å². The summed E-state index contributed by atoms with van der Waals surface area (Å²) in [6.07, 6.45) is 2.38. The van der Waals surface area contributed by atoms with Crippen LogP contribution in [0.25, 0.3) is 10.9 Å². The Morgan fingerprint density at radius 3 is 2.71 bits per heavy atom. The van der Waals surface area contributed by atoms with Crippen molar-refractivity contribution in [2.24, 2.45) is 0 Å². The number of benzene rings is 1. The summed E-state index contributed by atoms with van der Waals surface area (Å²) in [7, 11) is 0. The number of hydrogen-bond acceptors (Lipinski definition) is 3. The second-order valence-corrected chi connectivity index (χ2v) is 5.07. The Hall–Kier alpha value is -1.06. The number of rotatable bonds is 2. The lowest BCUT2D eigenvalue weighted by Gasteiger charge is -2.10. The maximum Gasteiger partial charge on any atom is 0.224 e. The first-order chi connectivity index (χ1) is 8.15. The second-order valence-electron chi connectivity index (χ2n) is 4.33. The smallest absolute Gasteiger partial charge is 0.224 e. The zero-order valence-corrected chi connectivity index (χ0v) is 10.8. The molecule has 3 rings (SSSR count). The Morgan fingerprint density at radius 2 is 2.00 bits per heavy atom. The predicted molar refractivity (Wildman–Crippen MR) is 70.9 cm³/mol. The van der Waals surface area contributed by atoms with Gasteiger partial charge in [-0.2, -0.15) is 0 Å². The molecule has 1 heterocycles. The molecule has 0 aliphatic heterocycles. The summed E-state index contributed by atoms with van der Waals surface area (Å²) in [5, 5.41) is 5.30. The highest BCUT2D eigenvalue weighted by Gasteiger charge is 2.23. The van der Waals surface area contributed by atoms with Crippen molar-refractivity contribution in [3.63, 3.8) is 0 Å². The fourth-order valence-corrected chi connectivity index (χ4v) is 2.13. The number of aromatic nitrogens is 2. The Kier molecular flexibility index (Phi) is 2.60. The molecule has 88 valence electrons. The summed E-state index contributed by atoms with van der Waals surface area (Å²) >= 11 is 12.0. The van der Waals surface area contributed by atoms with Crippen LogP contribution in [0.4, 0.5) is 5.82 Å². The summed E-state index contributed by atoms with van der Waals surface area (Å²) in [5.41, 5.74) is 1.76. The fraction of sp³-hybridized carbons (Fsp3) is 0.333. The summed E-state index contributed by atoms with van der Waals surface area (Å²) < 4.78 is 0. The van der Waals surface area contributed by atoms with Gasteiger partial charge in [0.2, 0.25) is 5.28 Å². The first kappa shape index (κ1) is 11.1. The Morgan fingerprint density at radius 1 is 1.24 bits per heavy atom. The summed E-state index contributed by atoms with van der Waals surface area (Å²) in [5.74, 6) is 0.808. The lowest BCUT2D eigenvalue weighted by molar-refractivity contribution is 1.10. The number of halogens is 2. The molecule has 1 aliphatic rings. The van der Waals surface area contributed by atoms with Crippen LogP contribution in [-0.2, 0) is 0 Å². The van der Waals surface area contributed by atoms with E-state index in [1.807, 2.05) is 19.1 Å². The topological polar surface area (TPSA) is 37.8 Å². The lowest BCUT2D eigenvalue weighted by Crippen LogP contribution is -2.05. The fourth-order valence-electron chi connectivity index (χ4n) is 1.81. The summed E-state index contributed by atoms with van der Waals surface area (Å²) in [4.78, 5) is 8.51. The van der Waals surface area contributed by atoms with E-state index >= 15 is 0 Å². The second kappa shape index (κ2) is 4.00. The number of nitrogens with one attached hydrogen (secondary N) is 1. The molecule has 1 aromatic heterocycles. The van der Waals surface area contributed by atoms with E-state index < -0.39 is 0 Å². The van der Waals surface area contributed by atoms with Crippen LogP contribution in [0, 0.1) is 6.92 Å². The summed E-state index contributed by atoms with van der Waals surface area (Å²) in [6.45, 7) is 1.94. The van der Waals surface area contributed by atoms with Crippen LogP contribution in [0.2, 0.25) is 10.3 Å². The maximum atomic E-state index is 6.09. The minimum atomic E-state index is 0.256. The van der Waals surface area contributed by atoms with Gasteiger partial charge in [0, 0.05) is 16.5 Å². The third-order valence-corrected chi connectivity index (χ3v) is 3.52. The molecular formula is C12H11Cl2N3. The van der Waals surface area contributed by atoms with Crippen molar-refractivity contribution in [2.45, 2.75) is 25.8 Å². The SMILES string of the molecule is Cc1c(Cl)ccc2c(NC3CC3)nc(Cl)nc12. The van der Waals surface area contributed by atoms with Crippen molar-refractivity contribution < 1.29 is 0 Å². The van der Waals surface area contributed by atoms with Crippen molar-refractivity contribution in [2.75, 3.05) is 5.32 Å². The molecule has 1 N–H and O–H groups in total. The van der Waals surface area contributed by atoms with Crippen LogP contribution in [0.3, 0.4) is 0 Å². The molecule has 0 atom stereocenters. The standard InChI is InChI=1S/C12H11Cl2N3/c1-6-9(13)5-4-8-10(6)16-12(14)17-11(8)15-7-2-3-7/h4-5,7H,2-3H2,1H3,(H,15,16,17). The molecule has 2 aromatic rings. The average molecular weight is 268 g/mol. The van der Waals surface area contributed by atoms with Crippen molar-refractivity contribution in [3.05, 3.63) is 28.0 Å². The molecule has 1 fully saturated rings. The Bertz CT molecular complexity index is 594. The number of fused-ring (bicyclic) bond motifs is 1. The number of nitrogens with zero attached hydrogens (tertiary/aromatic N) is 2. The van der Waals surface area contributed by atoms with E-state index in [1.165, 1.54) is 12.8 Å². The molecule has 0 bridgehead atoms. The maximum absolute atomic E-state index is 6.09. The van der Waals surface area contributed by atoms with E-state index in [4.69, 9.17) is 23.2 Å². The van der Waals surface area contributed by atoms with Gasteiger partial charge in [-0.3, -0.25) is 0 Å². The minimum Gasteiger partial charge on any atom is -0.367 e. The van der Waals surface area contributed by atoms with Gasteiger partial charge in [0.15, 0.2) is 0 Å². The monoisotopic (exact) mass is 267 g/mol. The van der Waals surface area contributed by atoms with E-state index in [1.54, 1.807) is 0 Å². The van der Waals surface area contributed by atoms with Crippen molar-refractivity contribution >= 4 is 39.9 Å². The van der Waals surface area contributed by atoms with Gasteiger partial charge in [-0.1, -0.05) is 11.6 Å². The normalized spacial score (nSPS) is 15.2. The Balaban J connectivity index is 2.23. The predicted octanol–water partition coefficient (Wildman–Crippen LogP) is 3.82. The van der Waals surface area contributed by atoms with Gasteiger partial charge in [-0.25, -0.2) is 9.97 Å². The molecular weight excluding hydrogens is 257 g/mol. The molecule has 0 unspecified atom stereocenters. The van der Waals surface area contributed by atoms with Crippen LogP contribution < -0.4 is 5.32 Å². The van der Waals surface area contributed by atoms with Gasteiger partial charge in [0.05, 0.1) is 5.52 Å². The number of anilines is 1. The van der Waals surface area contributed by atoms with Crippen molar-refractivity contribution in [1.29, 1.82) is 0 Å². The van der Waals surface area contributed by atoms with Crippen LogP contribution >= 0.6 is 23.2 Å². The van der Waals surface area contributed by atoms with Crippen LogP contribution in [0.1, 0.15) is 18.4 Å². The molecule has 1 aliphatic carbocycles. The highest BCUT2D eigenvalue weighted by Crippen LogP contribution is 2.32. The molecule has 0 amide bonds. The molecule has 1 saturated carbocycles. The van der Waals surface area contributed by atoms with Crippen molar-refractivity contribution in [1.82, 2.24) is 9.97 Å². The highest BCUT2D eigenvalue weighted by atomic mass is 35.5. The summed E-state index contributed by atoms with van der Waals surface area (Å²) in [6, 6.07) is 4.33. The number of hydrogen-bond donors (Lipinski definition) is 1. The first-order valence-corrected chi connectivity index (χ1v) is 6.29. The zero-order valence-electron chi connectivity index (χ0n) is 9.30. The van der Waals surface area contributed by atoms with E-state index in [2.05, 4.69) is 15.3 Å². The largest absolute Gasteiger partial charge is 0.367 e. The van der Waals surface area contributed by atoms with Gasteiger partial charge >= 0.3 is 0 Å². The third-order valence-electron chi connectivity index (χ3n) is 2.95. The van der Waals surface area contributed by atoms with E-state index in [-0.39, 0.29) is 5.28 Å². The van der Waals surface area contributed by atoms with Crippen LogP contribution in [0.5, 0.6) is 0 Å². The van der Waals surface area contributed by atoms with E-state index in [0.29, 0.717) is 11.1 Å². The van der Waals surface area contributed by atoms with E-state index in [9.17, 15) is 0 Å².